The molecule has 2 aromatic heterocycles. The van der Waals surface area contributed by atoms with Crippen LogP contribution in [0.15, 0.2) is 67.0 Å². The van der Waals surface area contributed by atoms with Gasteiger partial charge in [-0.15, -0.1) is 11.6 Å². The van der Waals surface area contributed by atoms with E-state index in [4.69, 9.17) is 40.1 Å². The van der Waals surface area contributed by atoms with E-state index in [1.807, 2.05) is 0 Å². The summed E-state index contributed by atoms with van der Waals surface area (Å²) in [5, 5.41) is 28.4. The summed E-state index contributed by atoms with van der Waals surface area (Å²) in [6.45, 7) is -0.953. The Morgan fingerprint density at radius 2 is 1.24 bits per heavy atom. The van der Waals surface area contributed by atoms with Gasteiger partial charge in [0.05, 0.1) is 12.0 Å². The molecule has 3 N–H and O–H groups in total. The molecule has 0 spiro atoms. The highest BCUT2D eigenvalue weighted by atomic mass is 35.5. The fourth-order valence-corrected chi connectivity index (χ4v) is 3.76. The molecule has 4 aromatic rings. The molecule has 0 radical (unpaired) electrons. The third kappa shape index (κ3) is 5.13. The Morgan fingerprint density at radius 1 is 0.811 bits per heavy atom. The number of rotatable bonds is 10. The van der Waals surface area contributed by atoms with Gasteiger partial charge in [-0.25, -0.2) is 9.59 Å². The molecule has 2 heterocycles. The van der Waals surface area contributed by atoms with Crippen LogP contribution in [-0.2, 0) is 0 Å². The van der Waals surface area contributed by atoms with Crippen molar-refractivity contribution in [2.75, 3.05) is 25.7 Å². The zero-order valence-electron chi connectivity index (χ0n) is 18.9. The summed E-state index contributed by atoms with van der Waals surface area (Å²) >= 11 is 6.16. The van der Waals surface area contributed by atoms with Gasteiger partial charge in [-0.3, -0.25) is 9.59 Å². The van der Waals surface area contributed by atoms with Crippen molar-refractivity contribution in [3.63, 3.8) is 0 Å². The number of fused-ring (bicyclic) bond motifs is 2. The topological polar surface area (TPSA) is 174 Å². The maximum Gasteiger partial charge on any atom is 0.371 e. The van der Waals surface area contributed by atoms with E-state index in [0.717, 1.165) is 12.1 Å². The molecule has 192 valence electrons. The highest BCUT2D eigenvalue weighted by Crippen LogP contribution is 2.29. The molecule has 0 bridgehead atoms. The van der Waals surface area contributed by atoms with Gasteiger partial charge in [0.1, 0.15) is 46.7 Å². The maximum absolute atomic E-state index is 12.5. The van der Waals surface area contributed by atoms with Gasteiger partial charge in [0, 0.05) is 18.0 Å². The Balaban J connectivity index is 1.61. The number of alkyl halides is 1. The zero-order valence-corrected chi connectivity index (χ0v) is 19.7. The largest absolute Gasteiger partial charge is 0.492 e. The minimum Gasteiger partial charge on any atom is -0.492 e. The summed E-state index contributed by atoms with van der Waals surface area (Å²) in [6, 6.07) is 10.5. The molecule has 0 aliphatic carbocycles. The van der Waals surface area contributed by atoms with Crippen LogP contribution >= 0.6 is 11.6 Å². The van der Waals surface area contributed by atoms with E-state index in [1.54, 1.807) is 0 Å². The summed E-state index contributed by atoms with van der Waals surface area (Å²) in [4.78, 5) is 47.5. The van der Waals surface area contributed by atoms with E-state index in [9.17, 15) is 24.3 Å². The second-order valence-corrected chi connectivity index (χ2v) is 8.46. The quantitative estimate of drug-likeness (QED) is 0.257. The first kappa shape index (κ1) is 25.7. The van der Waals surface area contributed by atoms with Crippen LogP contribution in [0.4, 0.5) is 0 Å². The number of aliphatic hydroxyl groups excluding tert-OH is 1. The minimum absolute atomic E-state index is 0.00216. The van der Waals surface area contributed by atoms with E-state index in [-0.39, 0.29) is 52.5 Å². The average molecular weight is 531 g/mol. The zero-order chi connectivity index (χ0) is 26.7. The summed E-state index contributed by atoms with van der Waals surface area (Å²) in [5.74, 6) is -3.83. The fraction of sp³-hybridized carbons (Fsp3) is 0.200. The second kappa shape index (κ2) is 10.3. The molecular formula is C25H19ClO11. The molecule has 0 aliphatic heterocycles. The number of ether oxygens (including phenoxy) is 2. The van der Waals surface area contributed by atoms with Crippen LogP contribution in [-0.4, -0.2) is 53.0 Å². The van der Waals surface area contributed by atoms with Crippen molar-refractivity contribution in [1.82, 2.24) is 0 Å². The fourth-order valence-electron chi connectivity index (χ4n) is 3.52. The van der Waals surface area contributed by atoms with Crippen LogP contribution in [0.5, 0.6) is 11.5 Å². The lowest BCUT2D eigenvalue weighted by Gasteiger charge is -2.29. The highest BCUT2D eigenvalue weighted by Gasteiger charge is 2.32. The Bertz CT molecular complexity index is 1500. The first-order valence-corrected chi connectivity index (χ1v) is 11.2. The van der Waals surface area contributed by atoms with Gasteiger partial charge >= 0.3 is 11.9 Å². The number of hydrogen-bond acceptors (Lipinski definition) is 9. The molecule has 0 aliphatic rings. The van der Waals surface area contributed by atoms with Crippen molar-refractivity contribution >= 4 is 45.5 Å². The van der Waals surface area contributed by atoms with Crippen molar-refractivity contribution < 1.29 is 43.2 Å². The molecule has 0 amide bonds. The first-order chi connectivity index (χ1) is 17.7. The third-order valence-electron chi connectivity index (χ3n) is 5.54. The summed E-state index contributed by atoms with van der Waals surface area (Å²) in [7, 11) is 0. The van der Waals surface area contributed by atoms with E-state index < -0.39 is 46.3 Å². The van der Waals surface area contributed by atoms with Crippen LogP contribution in [0.3, 0.4) is 0 Å². The number of carboxylic acids is 2. The summed E-state index contributed by atoms with van der Waals surface area (Å²) in [5.41, 5.74) is -2.46. The lowest BCUT2D eigenvalue weighted by Crippen LogP contribution is -2.40. The van der Waals surface area contributed by atoms with Gasteiger partial charge in [-0.2, -0.15) is 0 Å². The molecule has 0 saturated heterocycles. The molecule has 12 heteroatoms. The van der Waals surface area contributed by atoms with E-state index in [1.165, 1.54) is 36.4 Å². The lowest BCUT2D eigenvalue weighted by atomic mass is 9.94. The van der Waals surface area contributed by atoms with E-state index in [2.05, 4.69) is 0 Å². The monoisotopic (exact) mass is 530 g/mol. The second-order valence-electron chi connectivity index (χ2n) is 8.19. The third-order valence-corrected chi connectivity index (χ3v) is 6.11. The molecule has 37 heavy (non-hydrogen) atoms. The smallest absolute Gasteiger partial charge is 0.371 e. The lowest BCUT2D eigenvalue weighted by molar-refractivity contribution is 0.0414. The number of hydrogen-bond donors (Lipinski definition) is 3. The Kier molecular flexibility index (Phi) is 7.18. The van der Waals surface area contributed by atoms with Crippen molar-refractivity contribution in [3.8, 4) is 11.5 Å². The van der Waals surface area contributed by atoms with Gasteiger partial charge in [-0.05, 0) is 24.3 Å². The highest BCUT2D eigenvalue weighted by molar-refractivity contribution is 6.18. The number of benzene rings is 2. The predicted octanol–water partition coefficient (Wildman–Crippen LogP) is 2.97. The Hall–Kier alpha value is -4.35. The SMILES string of the molecule is O=C(O)c1cc(=O)c2c(OCC(CO)(CCl)COc3cccc4oc(C(=O)O)cc(=O)c34)cccc2o1. The van der Waals surface area contributed by atoms with Crippen LogP contribution < -0.4 is 20.3 Å². The van der Waals surface area contributed by atoms with Crippen molar-refractivity contribution in [2.45, 2.75) is 0 Å². The van der Waals surface area contributed by atoms with Gasteiger partial charge < -0.3 is 33.6 Å². The predicted molar refractivity (Wildman–Crippen MR) is 130 cm³/mol. The van der Waals surface area contributed by atoms with Gasteiger partial charge in [-0.1, -0.05) is 12.1 Å². The van der Waals surface area contributed by atoms with E-state index in [0.29, 0.717) is 0 Å². The molecule has 2 aromatic carbocycles. The molecule has 4 rings (SSSR count). The molecule has 0 unspecified atom stereocenters. The Labute approximate surface area is 212 Å². The maximum atomic E-state index is 12.5. The van der Waals surface area contributed by atoms with Crippen molar-refractivity contribution in [3.05, 3.63) is 80.5 Å². The van der Waals surface area contributed by atoms with Crippen LogP contribution in [0.25, 0.3) is 21.9 Å². The summed E-state index contributed by atoms with van der Waals surface area (Å²) in [6.07, 6.45) is 0. The van der Waals surface area contributed by atoms with Crippen molar-refractivity contribution in [1.29, 1.82) is 0 Å². The molecule has 0 atom stereocenters. The van der Waals surface area contributed by atoms with Gasteiger partial charge in [0.2, 0.25) is 11.5 Å². The standard InChI is InChI=1S/C25H19ClO11/c26-9-25(10-27,11-34-15-3-1-5-17-21(15)13(28)7-19(36-17)23(30)31)12-35-16-4-2-6-18-22(16)14(29)8-20(37-18)24(32)33/h1-8,27H,9-12H2,(H,30,31)(H,32,33). The first-order valence-electron chi connectivity index (χ1n) is 10.7. The minimum atomic E-state index is -1.40. The number of aliphatic hydroxyl groups is 1. The number of halogens is 1. The molecule has 0 saturated carbocycles. The number of carbonyl (C=O) groups is 2. The van der Waals surface area contributed by atoms with Crippen molar-refractivity contribution in [2.24, 2.45) is 5.41 Å². The summed E-state index contributed by atoms with van der Waals surface area (Å²) < 4.78 is 22.1. The number of carboxylic acid groups (broad SMARTS) is 2. The van der Waals surface area contributed by atoms with Gasteiger partial charge in [0.25, 0.3) is 0 Å². The average Bonchev–Trinajstić information content (AvgIpc) is 2.88. The van der Waals surface area contributed by atoms with Crippen LogP contribution in [0, 0.1) is 5.41 Å². The number of aromatic carboxylic acids is 2. The van der Waals surface area contributed by atoms with Crippen LogP contribution in [0.2, 0.25) is 0 Å². The van der Waals surface area contributed by atoms with Crippen LogP contribution in [0.1, 0.15) is 21.1 Å². The Morgan fingerprint density at radius 3 is 1.59 bits per heavy atom. The molecule has 0 fully saturated rings. The van der Waals surface area contributed by atoms with E-state index >= 15 is 0 Å². The molecular weight excluding hydrogens is 512 g/mol. The van der Waals surface area contributed by atoms with Gasteiger partial charge in [0.15, 0.2) is 10.9 Å². The molecule has 11 nitrogen and oxygen atoms in total. The normalized spacial score (nSPS) is 11.5.